The number of fused-ring (bicyclic) bond motifs is 2. The molecule has 0 atom stereocenters. The van der Waals surface area contributed by atoms with E-state index in [4.69, 9.17) is 0 Å². The largest absolute Gasteiger partial charge is 0.338 e. The summed E-state index contributed by atoms with van der Waals surface area (Å²) in [6.45, 7) is 6.96. The molecule has 1 spiro atoms. The van der Waals surface area contributed by atoms with Crippen LogP contribution in [0.2, 0.25) is 0 Å². The minimum absolute atomic E-state index is 0.133. The second-order valence-corrected chi connectivity index (χ2v) is 7.41. The smallest absolute Gasteiger partial charge is 0.254 e. The fourth-order valence-electron chi connectivity index (χ4n) is 4.49. The van der Waals surface area contributed by atoms with E-state index in [2.05, 4.69) is 54.3 Å². The van der Waals surface area contributed by atoms with E-state index in [0.717, 1.165) is 51.1 Å². The first kappa shape index (κ1) is 16.3. The van der Waals surface area contributed by atoms with Crippen molar-refractivity contribution in [3.63, 3.8) is 0 Å². The van der Waals surface area contributed by atoms with E-state index in [0.29, 0.717) is 0 Å². The summed E-state index contributed by atoms with van der Waals surface area (Å²) < 4.78 is 0. The second kappa shape index (κ2) is 6.64. The number of amides is 1. The lowest BCUT2D eigenvalue weighted by molar-refractivity contribution is 0.0588. The highest BCUT2D eigenvalue weighted by Gasteiger charge is 2.44. The van der Waals surface area contributed by atoms with E-state index in [1.807, 2.05) is 17.0 Å². The van der Waals surface area contributed by atoms with Gasteiger partial charge in [-0.1, -0.05) is 48.5 Å². The van der Waals surface area contributed by atoms with Crippen LogP contribution in [-0.2, 0) is 12.0 Å². The molecule has 1 amide bonds. The number of piperidine rings is 1. The molecule has 4 rings (SSSR count). The number of carbonyl (C=O) groups is 1. The van der Waals surface area contributed by atoms with Crippen LogP contribution in [0.1, 0.15) is 41.3 Å². The van der Waals surface area contributed by atoms with Gasteiger partial charge < -0.3 is 4.90 Å². The molecule has 25 heavy (non-hydrogen) atoms. The first-order valence-corrected chi connectivity index (χ1v) is 9.37. The Kier molecular flexibility index (Phi) is 4.34. The maximum Gasteiger partial charge on any atom is 0.254 e. The highest BCUT2D eigenvalue weighted by atomic mass is 16.2. The van der Waals surface area contributed by atoms with Crippen molar-refractivity contribution in [2.75, 3.05) is 26.2 Å². The normalized spacial score (nSPS) is 19.9. The van der Waals surface area contributed by atoms with Crippen molar-refractivity contribution in [2.24, 2.45) is 0 Å². The van der Waals surface area contributed by atoms with Crippen molar-refractivity contribution >= 4 is 5.91 Å². The average molecular weight is 334 g/mol. The third-order valence-corrected chi connectivity index (χ3v) is 5.95. The number of hydrogen-bond acceptors (Lipinski definition) is 2. The predicted molar refractivity (Wildman–Crippen MR) is 101 cm³/mol. The number of likely N-dealkylation sites (N-methyl/N-ethyl adjacent to an activating group) is 1. The fourth-order valence-corrected chi connectivity index (χ4v) is 4.49. The van der Waals surface area contributed by atoms with Gasteiger partial charge in [0.1, 0.15) is 0 Å². The molecule has 3 heteroatoms. The zero-order chi connectivity index (χ0) is 17.3. The molecule has 0 bridgehead atoms. The van der Waals surface area contributed by atoms with Crippen molar-refractivity contribution < 1.29 is 4.79 Å². The van der Waals surface area contributed by atoms with Crippen LogP contribution in [0.3, 0.4) is 0 Å². The molecular weight excluding hydrogens is 308 g/mol. The van der Waals surface area contributed by atoms with Crippen molar-refractivity contribution in [3.8, 4) is 0 Å². The van der Waals surface area contributed by atoms with Gasteiger partial charge in [-0.3, -0.25) is 9.69 Å². The van der Waals surface area contributed by atoms with Gasteiger partial charge in [0, 0.05) is 30.6 Å². The quantitative estimate of drug-likeness (QED) is 0.854. The van der Waals surface area contributed by atoms with E-state index < -0.39 is 0 Å². The maximum atomic E-state index is 12.7. The number of rotatable bonds is 3. The van der Waals surface area contributed by atoms with Gasteiger partial charge in [0.25, 0.3) is 5.91 Å². The Balaban J connectivity index is 1.55. The molecular formula is C22H26N2O. The van der Waals surface area contributed by atoms with Crippen LogP contribution < -0.4 is 0 Å². The SMILES string of the molecule is CCN1CC2(CCN(Cc3ccccc3)CC2)c2ccccc2C1=O. The van der Waals surface area contributed by atoms with Gasteiger partial charge in [0.2, 0.25) is 0 Å². The average Bonchev–Trinajstić information content (AvgIpc) is 2.67. The lowest BCUT2D eigenvalue weighted by Crippen LogP contribution is -2.54. The van der Waals surface area contributed by atoms with Crippen molar-refractivity contribution in [1.29, 1.82) is 0 Å². The number of hydrogen-bond donors (Lipinski definition) is 0. The standard InChI is InChI=1S/C22H26N2O/c1-2-24-17-22(20-11-7-6-10-19(20)21(24)25)12-14-23(15-13-22)16-18-8-4-3-5-9-18/h3-11H,2,12-17H2,1H3. The number of nitrogens with zero attached hydrogens (tertiary/aromatic N) is 2. The summed E-state index contributed by atoms with van der Waals surface area (Å²) >= 11 is 0. The minimum Gasteiger partial charge on any atom is -0.338 e. The van der Waals surface area contributed by atoms with Gasteiger partial charge in [0.15, 0.2) is 0 Å². The van der Waals surface area contributed by atoms with Crippen LogP contribution in [0.5, 0.6) is 0 Å². The Labute approximate surface area is 150 Å². The lowest BCUT2D eigenvalue weighted by Gasteiger charge is -2.48. The first-order chi connectivity index (χ1) is 12.2. The molecule has 2 aromatic rings. The van der Waals surface area contributed by atoms with E-state index in [1.165, 1.54) is 11.1 Å². The third-order valence-electron chi connectivity index (χ3n) is 5.95. The molecule has 3 nitrogen and oxygen atoms in total. The van der Waals surface area contributed by atoms with Crippen LogP contribution >= 0.6 is 0 Å². The summed E-state index contributed by atoms with van der Waals surface area (Å²) in [5, 5.41) is 0. The topological polar surface area (TPSA) is 23.6 Å². The molecule has 1 fully saturated rings. The van der Waals surface area contributed by atoms with Gasteiger partial charge in [0.05, 0.1) is 0 Å². The van der Waals surface area contributed by atoms with Crippen LogP contribution in [0.4, 0.5) is 0 Å². The summed E-state index contributed by atoms with van der Waals surface area (Å²) in [5.41, 5.74) is 3.72. The summed E-state index contributed by atoms with van der Waals surface area (Å²) in [6, 6.07) is 19.0. The summed E-state index contributed by atoms with van der Waals surface area (Å²) in [6.07, 6.45) is 2.25. The highest BCUT2D eigenvalue weighted by molar-refractivity contribution is 5.97. The molecule has 0 aliphatic carbocycles. The minimum atomic E-state index is 0.133. The summed E-state index contributed by atoms with van der Waals surface area (Å²) in [7, 11) is 0. The van der Waals surface area contributed by atoms with E-state index in [9.17, 15) is 4.79 Å². The van der Waals surface area contributed by atoms with Gasteiger partial charge in [-0.15, -0.1) is 0 Å². The molecule has 0 saturated carbocycles. The second-order valence-electron chi connectivity index (χ2n) is 7.41. The Morgan fingerprint density at radius 2 is 1.64 bits per heavy atom. The van der Waals surface area contributed by atoms with Crippen LogP contribution in [0, 0.1) is 0 Å². The van der Waals surface area contributed by atoms with Crippen molar-refractivity contribution in [2.45, 2.75) is 31.7 Å². The Hall–Kier alpha value is -2.13. The van der Waals surface area contributed by atoms with E-state index in [-0.39, 0.29) is 11.3 Å². The number of benzene rings is 2. The predicted octanol–water partition coefficient (Wildman–Crippen LogP) is 3.70. The maximum absolute atomic E-state index is 12.7. The van der Waals surface area contributed by atoms with E-state index >= 15 is 0 Å². The number of likely N-dealkylation sites (tertiary alicyclic amines) is 1. The van der Waals surface area contributed by atoms with E-state index in [1.54, 1.807) is 0 Å². The van der Waals surface area contributed by atoms with Gasteiger partial charge in [-0.05, 0) is 50.0 Å². The summed E-state index contributed by atoms with van der Waals surface area (Å²) in [4.78, 5) is 17.3. The van der Waals surface area contributed by atoms with Gasteiger partial charge >= 0.3 is 0 Å². The molecule has 0 unspecified atom stereocenters. The van der Waals surface area contributed by atoms with Crippen molar-refractivity contribution in [1.82, 2.24) is 9.80 Å². The monoisotopic (exact) mass is 334 g/mol. The highest BCUT2D eigenvalue weighted by Crippen LogP contribution is 2.41. The number of carbonyl (C=O) groups excluding carboxylic acids is 1. The van der Waals surface area contributed by atoms with Crippen molar-refractivity contribution in [3.05, 3.63) is 71.3 Å². The Bertz CT molecular complexity index is 748. The zero-order valence-electron chi connectivity index (χ0n) is 14.9. The molecule has 2 heterocycles. The molecule has 0 radical (unpaired) electrons. The lowest BCUT2D eigenvalue weighted by atomic mass is 9.68. The fraction of sp³-hybridized carbons (Fsp3) is 0.409. The van der Waals surface area contributed by atoms with Gasteiger partial charge in [-0.2, -0.15) is 0 Å². The molecule has 1 saturated heterocycles. The zero-order valence-corrected chi connectivity index (χ0v) is 14.9. The Morgan fingerprint density at radius 1 is 0.960 bits per heavy atom. The molecule has 2 aliphatic heterocycles. The Morgan fingerprint density at radius 3 is 2.36 bits per heavy atom. The van der Waals surface area contributed by atoms with Crippen LogP contribution in [-0.4, -0.2) is 41.9 Å². The third kappa shape index (κ3) is 2.98. The van der Waals surface area contributed by atoms with Crippen LogP contribution in [0.25, 0.3) is 0 Å². The first-order valence-electron chi connectivity index (χ1n) is 9.37. The molecule has 0 aromatic heterocycles. The van der Waals surface area contributed by atoms with Gasteiger partial charge in [-0.25, -0.2) is 0 Å². The van der Waals surface area contributed by atoms with Crippen LogP contribution in [0.15, 0.2) is 54.6 Å². The molecule has 130 valence electrons. The molecule has 2 aromatic carbocycles. The molecule has 2 aliphatic rings. The summed E-state index contributed by atoms with van der Waals surface area (Å²) in [5.74, 6) is 0.204. The molecule has 0 N–H and O–H groups in total.